The van der Waals surface area contributed by atoms with Crippen LogP contribution in [0.25, 0.3) is 11.8 Å². The SMILES string of the molecule is CC(C)Oc1ccc2c(c1)C=CC1NC(=O)C=CC1=C2O. The second-order valence-corrected chi connectivity index (χ2v) is 5.40. The molecule has 1 aromatic rings. The molecule has 1 heterocycles. The molecule has 1 amide bonds. The lowest BCUT2D eigenvalue weighted by atomic mass is 9.99. The van der Waals surface area contributed by atoms with E-state index in [9.17, 15) is 9.90 Å². The molecule has 2 aliphatic rings. The van der Waals surface area contributed by atoms with Crippen molar-refractivity contribution >= 4 is 17.7 Å². The number of benzene rings is 1. The predicted octanol–water partition coefficient (Wildman–Crippen LogP) is 2.82. The Bertz CT molecular complexity index is 683. The minimum Gasteiger partial charge on any atom is -0.507 e. The molecule has 0 aromatic heterocycles. The summed E-state index contributed by atoms with van der Waals surface area (Å²) in [5.41, 5.74) is 2.30. The highest BCUT2D eigenvalue weighted by atomic mass is 16.5. The topological polar surface area (TPSA) is 58.6 Å². The van der Waals surface area contributed by atoms with Gasteiger partial charge >= 0.3 is 0 Å². The van der Waals surface area contributed by atoms with Gasteiger partial charge in [-0.2, -0.15) is 0 Å². The zero-order valence-electron chi connectivity index (χ0n) is 12.0. The van der Waals surface area contributed by atoms with E-state index in [0.717, 1.165) is 16.9 Å². The lowest BCUT2D eigenvalue weighted by Crippen LogP contribution is -2.36. The van der Waals surface area contributed by atoms with Crippen molar-refractivity contribution in [3.63, 3.8) is 0 Å². The maximum atomic E-state index is 11.4. The summed E-state index contributed by atoms with van der Waals surface area (Å²) in [4.78, 5) is 11.4. The molecule has 108 valence electrons. The van der Waals surface area contributed by atoms with Crippen LogP contribution < -0.4 is 10.1 Å². The second kappa shape index (κ2) is 5.13. The van der Waals surface area contributed by atoms with Gasteiger partial charge in [0.2, 0.25) is 5.91 Å². The lowest BCUT2D eigenvalue weighted by Gasteiger charge is -2.19. The van der Waals surface area contributed by atoms with Crippen LogP contribution in [0.1, 0.15) is 25.0 Å². The van der Waals surface area contributed by atoms with Crippen LogP contribution in [0.5, 0.6) is 5.75 Å². The molecule has 4 heteroatoms. The first-order valence-electron chi connectivity index (χ1n) is 6.95. The molecule has 1 unspecified atom stereocenters. The highest BCUT2D eigenvalue weighted by molar-refractivity contribution is 5.93. The van der Waals surface area contributed by atoms with E-state index in [0.29, 0.717) is 5.57 Å². The quantitative estimate of drug-likeness (QED) is 0.877. The summed E-state index contributed by atoms with van der Waals surface area (Å²) in [6, 6.07) is 5.27. The molecule has 0 saturated heterocycles. The van der Waals surface area contributed by atoms with Gasteiger partial charge in [-0.3, -0.25) is 4.79 Å². The van der Waals surface area contributed by atoms with Crippen LogP contribution in [-0.4, -0.2) is 23.2 Å². The van der Waals surface area contributed by atoms with E-state index in [1.165, 1.54) is 6.08 Å². The summed E-state index contributed by atoms with van der Waals surface area (Å²) >= 11 is 0. The van der Waals surface area contributed by atoms with Gasteiger partial charge in [0.05, 0.1) is 12.1 Å². The number of rotatable bonds is 2. The van der Waals surface area contributed by atoms with Crippen molar-refractivity contribution in [1.29, 1.82) is 0 Å². The van der Waals surface area contributed by atoms with E-state index in [-0.39, 0.29) is 23.8 Å². The molecular formula is C17H17NO3. The first-order chi connectivity index (χ1) is 10.0. The van der Waals surface area contributed by atoms with Gasteiger partial charge in [-0.05, 0) is 43.7 Å². The van der Waals surface area contributed by atoms with Crippen LogP contribution in [0.15, 0.2) is 42.0 Å². The fourth-order valence-corrected chi connectivity index (χ4v) is 2.52. The average molecular weight is 283 g/mol. The van der Waals surface area contributed by atoms with Gasteiger partial charge in [0.25, 0.3) is 0 Å². The van der Waals surface area contributed by atoms with Crippen molar-refractivity contribution in [2.45, 2.75) is 26.0 Å². The molecule has 1 aliphatic carbocycles. The molecule has 0 spiro atoms. The Morgan fingerprint density at radius 3 is 2.81 bits per heavy atom. The number of aliphatic hydroxyl groups is 1. The molecule has 1 aromatic carbocycles. The number of nitrogens with one attached hydrogen (secondary N) is 1. The van der Waals surface area contributed by atoms with E-state index in [1.54, 1.807) is 6.08 Å². The number of carbonyl (C=O) groups excluding carboxylic acids is 1. The van der Waals surface area contributed by atoms with Gasteiger partial charge in [-0.15, -0.1) is 0 Å². The summed E-state index contributed by atoms with van der Waals surface area (Å²) in [6.45, 7) is 3.94. The number of hydrogen-bond acceptors (Lipinski definition) is 3. The third-order valence-electron chi connectivity index (χ3n) is 3.44. The van der Waals surface area contributed by atoms with Gasteiger partial charge in [0, 0.05) is 17.2 Å². The van der Waals surface area contributed by atoms with E-state index in [4.69, 9.17) is 4.74 Å². The summed E-state index contributed by atoms with van der Waals surface area (Å²) in [5, 5.41) is 13.3. The van der Waals surface area contributed by atoms with Crippen molar-refractivity contribution in [3.8, 4) is 5.75 Å². The van der Waals surface area contributed by atoms with Gasteiger partial charge in [0.1, 0.15) is 11.5 Å². The van der Waals surface area contributed by atoms with Crippen LogP contribution in [0, 0.1) is 0 Å². The smallest absolute Gasteiger partial charge is 0.244 e. The van der Waals surface area contributed by atoms with Crippen molar-refractivity contribution in [2.75, 3.05) is 0 Å². The largest absolute Gasteiger partial charge is 0.507 e. The number of ether oxygens (including phenoxy) is 1. The van der Waals surface area contributed by atoms with Crippen molar-refractivity contribution in [1.82, 2.24) is 5.32 Å². The Kier molecular flexibility index (Phi) is 3.29. The molecule has 2 N–H and O–H groups in total. The lowest BCUT2D eigenvalue weighted by molar-refractivity contribution is -0.116. The Morgan fingerprint density at radius 1 is 1.24 bits per heavy atom. The average Bonchev–Trinajstić information content (AvgIpc) is 2.56. The molecule has 3 rings (SSSR count). The maximum Gasteiger partial charge on any atom is 0.244 e. The normalized spacial score (nSPS) is 20.0. The predicted molar refractivity (Wildman–Crippen MR) is 81.9 cm³/mol. The summed E-state index contributed by atoms with van der Waals surface area (Å²) in [6.07, 6.45) is 6.96. The number of aliphatic hydroxyl groups excluding tert-OH is 1. The Hall–Kier alpha value is -2.49. The van der Waals surface area contributed by atoms with Crippen LogP contribution in [0.2, 0.25) is 0 Å². The highest BCUT2D eigenvalue weighted by Gasteiger charge is 2.24. The van der Waals surface area contributed by atoms with Crippen LogP contribution in [0.3, 0.4) is 0 Å². The Balaban J connectivity index is 2.06. The van der Waals surface area contributed by atoms with E-state index in [1.807, 2.05) is 44.2 Å². The van der Waals surface area contributed by atoms with Crippen LogP contribution in [-0.2, 0) is 4.79 Å². The molecule has 0 saturated carbocycles. The Labute approximate surface area is 123 Å². The molecule has 0 radical (unpaired) electrons. The molecule has 0 bridgehead atoms. The monoisotopic (exact) mass is 283 g/mol. The minimum absolute atomic E-state index is 0.0922. The van der Waals surface area contributed by atoms with E-state index < -0.39 is 0 Å². The van der Waals surface area contributed by atoms with Gasteiger partial charge in [0.15, 0.2) is 0 Å². The number of fused-ring (bicyclic) bond motifs is 2. The fourth-order valence-electron chi connectivity index (χ4n) is 2.52. The number of amides is 1. The maximum absolute atomic E-state index is 11.4. The minimum atomic E-state index is -0.302. The van der Waals surface area contributed by atoms with Crippen molar-refractivity contribution < 1.29 is 14.6 Å². The zero-order valence-corrected chi connectivity index (χ0v) is 12.0. The first-order valence-corrected chi connectivity index (χ1v) is 6.95. The van der Waals surface area contributed by atoms with Crippen LogP contribution >= 0.6 is 0 Å². The summed E-state index contributed by atoms with van der Waals surface area (Å²) in [7, 11) is 0. The van der Waals surface area contributed by atoms with Gasteiger partial charge < -0.3 is 15.2 Å². The van der Waals surface area contributed by atoms with Crippen molar-refractivity contribution in [3.05, 3.63) is 53.1 Å². The fraction of sp³-hybridized carbons (Fsp3) is 0.235. The molecular weight excluding hydrogens is 266 g/mol. The molecule has 1 aliphatic heterocycles. The third-order valence-corrected chi connectivity index (χ3v) is 3.44. The van der Waals surface area contributed by atoms with Gasteiger partial charge in [-0.1, -0.05) is 12.2 Å². The Morgan fingerprint density at radius 2 is 2.05 bits per heavy atom. The van der Waals surface area contributed by atoms with Gasteiger partial charge in [-0.25, -0.2) is 0 Å². The standard InChI is InChI=1S/C17H17NO3/c1-10(2)21-12-4-5-13-11(9-12)3-7-15-14(17(13)20)6-8-16(19)18-15/h3-10,15,20H,1-2H3,(H,18,19). The highest BCUT2D eigenvalue weighted by Crippen LogP contribution is 2.31. The summed E-state index contributed by atoms with van der Waals surface area (Å²) < 4.78 is 5.68. The molecule has 0 fully saturated rings. The zero-order chi connectivity index (χ0) is 15.0. The third kappa shape index (κ3) is 2.57. The molecule has 4 nitrogen and oxygen atoms in total. The second-order valence-electron chi connectivity index (χ2n) is 5.40. The van der Waals surface area contributed by atoms with E-state index in [2.05, 4.69) is 5.32 Å². The first kappa shape index (κ1) is 13.5. The van der Waals surface area contributed by atoms with Crippen LogP contribution in [0.4, 0.5) is 0 Å². The molecule has 21 heavy (non-hydrogen) atoms. The number of hydrogen-bond donors (Lipinski definition) is 2. The number of carbonyl (C=O) groups is 1. The molecule has 1 atom stereocenters. The summed E-state index contributed by atoms with van der Waals surface area (Å²) in [5.74, 6) is 0.791. The van der Waals surface area contributed by atoms with Crippen molar-refractivity contribution in [2.24, 2.45) is 0 Å². The van der Waals surface area contributed by atoms with E-state index >= 15 is 0 Å².